The Morgan fingerprint density at radius 3 is 3.06 bits per heavy atom. The van der Waals surface area contributed by atoms with Crippen LogP contribution in [-0.2, 0) is 11.8 Å². The Morgan fingerprint density at radius 2 is 2.25 bits per heavy atom. The zero-order chi connectivity index (χ0) is 11.3. The van der Waals surface area contributed by atoms with Gasteiger partial charge in [0.2, 0.25) is 0 Å². The fourth-order valence-corrected chi connectivity index (χ4v) is 3.54. The highest BCUT2D eigenvalue weighted by Crippen LogP contribution is 2.47. The number of phenolic OH excluding ortho intramolecular Hbond substituents is 1. The van der Waals surface area contributed by atoms with Gasteiger partial charge in [0.25, 0.3) is 0 Å². The Balaban J connectivity index is 2.21. The second-order valence-electron chi connectivity index (χ2n) is 5.52. The maximum atomic E-state index is 9.98. The van der Waals surface area contributed by atoms with Crippen LogP contribution in [0.5, 0.6) is 5.75 Å². The molecule has 1 aliphatic carbocycles. The number of nitrogens with one attached hydrogen (secondary N) is 1. The fraction of sp³-hybridized carbons (Fsp3) is 0.571. The Kier molecular flexibility index (Phi) is 2.05. The van der Waals surface area contributed by atoms with Gasteiger partial charge < -0.3 is 10.4 Å². The van der Waals surface area contributed by atoms with E-state index in [4.69, 9.17) is 0 Å². The van der Waals surface area contributed by atoms with E-state index in [1.54, 1.807) is 0 Å². The van der Waals surface area contributed by atoms with Crippen LogP contribution in [-0.4, -0.2) is 17.7 Å². The van der Waals surface area contributed by atoms with Crippen molar-refractivity contribution >= 4 is 0 Å². The van der Waals surface area contributed by atoms with Crippen LogP contribution < -0.4 is 5.32 Å². The summed E-state index contributed by atoms with van der Waals surface area (Å²) in [6, 6.07) is 6.52. The van der Waals surface area contributed by atoms with Gasteiger partial charge in [-0.2, -0.15) is 0 Å². The average molecular weight is 217 g/mol. The predicted molar refractivity (Wildman–Crippen MR) is 64.7 cm³/mol. The highest BCUT2D eigenvalue weighted by molar-refractivity contribution is 5.47. The maximum Gasteiger partial charge on any atom is 0.119 e. The molecule has 0 aromatic heterocycles. The summed E-state index contributed by atoms with van der Waals surface area (Å²) in [5.41, 5.74) is 2.78. The van der Waals surface area contributed by atoms with E-state index in [1.807, 2.05) is 12.1 Å². The van der Waals surface area contributed by atoms with Gasteiger partial charge in [0.1, 0.15) is 5.75 Å². The molecule has 1 saturated heterocycles. The van der Waals surface area contributed by atoms with Crippen LogP contribution >= 0.6 is 0 Å². The zero-order valence-corrected chi connectivity index (χ0v) is 9.96. The normalized spacial score (nSPS) is 36.9. The first kappa shape index (κ1) is 10.2. The second kappa shape index (κ2) is 3.24. The molecule has 3 atom stereocenters. The molecule has 2 nitrogen and oxygen atoms in total. The highest BCUT2D eigenvalue weighted by atomic mass is 16.3. The molecule has 1 fully saturated rings. The van der Waals surface area contributed by atoms with E-state index in [0.29, 0.717) is 17.7 Å². The summed E-state index contributed by atoms with van der Waals surface area (Å²) in [4.78, 5) is 0. The summed E-state index contributed by atoms with van der Waals surface area (Å²) in [5, 5.41) is 13.6. The minimum Gasteiger partial charge on any atom is -0.508 e. The lowest BCUT2D eigenvalue weighted by atomic mass is 9.59. The van der Waals surface area contributed by atoms with Crippen LogP contribution in [0.1, 0.15) is 31.4 Å². The molecule has 16 heavy (non-hydrogen) atoms. The van der Waals surface area contributed by atoms with Crippen LogP contribution in [0.2, 0.25) is 0 Å². The number of aromatic hydroxyl groups is 1. The first-order valence-corrected chi connectivity index (χ1v) is 6.17. The topological polar surface area (TPSA) is 32.3 Å². The van der Waals surface area contributed by atoms with Gasteiger partial charge in [0, 0.05) is 6.04 Å². The third-order valence-electron chi connectivity index (χ3n) is 4.85. The molecule has 0 spiro atoms. The molecule has 0 amide bonds. The molecule has 0 saturated carbocycles. The monoisotopic (exact) mass is 217 g/mol. The van der Waals surface area contributed by atoms with Crippen molar-refractivity contribution in [2.45, 2.75) is 38.1 Å². The maximum absolute atomic E-state index is 9.98. The van der Waals surface area contributed by atoms with Crippen molar-refractivity contribution in [1.29, 1.82) is 0 Å². The summed E-state index contributed by atoms with van der Waals surface area (Å²) in [6.07, 6.45) is 2.14. The van der Waals surface area contributed by atoms with E-state index in [-0.39, 0.29) is 5.41 Å². The molecule has 3 rings (SSSR count). The largest absolute Gasteiger partial charge is 0.508 e. The van der Waals surface area contributed by atoms with Gasteiger partial charge >= 0.3 is 0 Å². The van der Waals surface area contributed by atoms with E-state index < -0.39 is 0 Å². The molecular formula is C14H19NO. The van der Waals surface area contributed by atoms with Gasteiger partial charge in [0.15, 0.2) is 0 Å². The van der Waals surface area contributed by atoms with Gasteiger partial charge in [-0.05, 0) is 47.9 Å². The van der Waals surface area contributed by atoms with Crippen molar-refractivity contribution in [3.63, 3.8) is 0 Å². The van der Waals surface area contributed by atoms with E-state index in [9.17, 15) is 5.11 Å². The van der Waals surface area contributed by atoms with Crippen molar-refractivity contribution in [2.24, 2.45) is 5.92 Å². The average Bonchev–Trinajstić information content (AvgIpc) is 2.24. The van der Waals surface area contributed by atoms with Crippen LogP contribution in [0.15, 0.2) is 18.2 Å². The van der Waals surface area contributed by atoms with Crippen LogP contribution in [0, 0.1) is 5.92 Å². The van der Waals surface area contributed by atoms with Gasteiger partial charge in [-0.3, -0.25) is 0 Å². The number of fused-ring (bicyclic) bond motifs is 4. The third kappa shape index (κ3) is 1.17. The molecule has 1 aromatic rings. The van der Waals surface area contributed by atoms with E-state index in [0.717, 1.165) is 13.0 Å². The molecule has 2 heteroatoms. The Morgan fingerprint density at radius 1 is 1.44 bits per heavy atom. The van der Waals surface area contributed by atoms with Crippen molar-refractivity contribution in [3.8, 4) is 5.75 Å². The Hall–Kier alpha value is -1.02. The molecule has 1 heterocycles. The fourth-order valence-electron chi connectivity index (χ4n) is 3.54. The summed E-state index contributed by atoms with van der Waals surface area (Å²) in [6.45, 7) is 5.79. The summed E-state index contributed by atoms with van der Waals surface area (Å²) in [7, 11) is 0. The van der Waals surface area contributed by atoms with Crippen LogP contribution in [0.25, 0.3) is 0 Å². The standard InChI is InChI=1S/C14H19NO/c1-9-12-8-10-11(4-3-5-13(10)16)14(9,2)6-7-15-12/h3-5,9,12,15-16H,6-8H2,1-2H3/t9-,12+,14-/m0/s1. The molecule has 0 radical (unpaired) electrons. The minimum atomic E-state index is 0.238. The van der Waals surface area contributed by atoms with Crippen LogP contribution in [0.3, 0.4) is 0 Å². The first-order chi connectivity index (χ1) is 7.63. The van der Waals surface area contributed by atoms with Crippen molar-refractivity contribution in [1.82, 2.24) is 5.32 Å². The minimum absolute atomic E-state index is 0.238. The summed E-state index contributed by atoms with van der Waals surface area (Å²) < 4.78 is 0. The molecule has 2 aliphatic rings. The van der Waals surface area contributed by atoms with E-state index in [2.05, 4.69) is 25.2 Å². The smallest absolute Gasteiger partial charge is 0.119 e. The van der Waals surface area contributed by atoms with E-state index >= 15 is 0 Å². The van der Waals surface area contributed by atoms with Gasteiger partial charge in [-0.1, -0.05) is 26.0 Å². The molecule has 86 valence electrons. The first-order valence-electron chi connectivity index (χ1n) is 6.17. The number of hydrogen-bond acceptors (Lipinski definition) is 2. The van der Waals surface area contributed by atoms with Gasteiger partial charge in [0.05, 0.1) is 0 Å². The second-order valence-corrected chi connectivity index (χ2v) is 5.52. The third-order valence-corrected chi connectivity index (χ3v) is 4.85. The number of piperidine rings is 1. The molecular weight excluding hydrogens is 198 g/mol. The zero-order valence-electron chi connectivity index (χ0n) is 9.96. The molecule has 0 unspecified atom stereocenters. The van der Waals surface area contributed by atoms with Gasteiger partial charge in [-0.15, -0.1) is 0 Å². The lowest BCUT2D eigenvalue weighted by Gasteiger charge is -2.50. The lowest BCUT2D eigenvalue weighted by molar-refractivity contribution is 0.156. The molecule has 1 aliphatic heterocycles. The number of rotatable bonds is 0. The Labute approximate surface area is 96.7 Å². The van der Waals surface area contributed by atoms with E-state index in [1.165, 1.54) is 17.5 Å². The lowest BCUT2D eigenvalue weighted by Crippen LogP contribution is -2.56. The molecule has 1 aromatic carbocycles. The van der Waals surface area contributed by atoms with Crippen molar-refractivity contribution in [2.75, 3.05) is 6.54 Å². The Bertz CT molecular complexity index is 429. The predicted octanol–water partition coefficient (Wildman–Crippen LogP) is 2.20. The number of benzene rings is 1. The highest BCUT2D eigenvalue weighted by Gasteiger charge is 2.45. The summed E-state index contributed by atoms with van der Waals surface area (Å²) in [5.74, 6) is 1.12. The van der Waals surface area contributed by atoms with Crippen molar-refractivity contribution < 1.29 is 5.11 Å². The van der Waals surface area contributed by atoms with Gasteiger partial charge in [-0.25, -0.2) is 0 Å². The van der Waals surface area contributed by atoms with Crippen molar-refractivity contribution in [3.05, 3.63) is 29.3 Å². The molecule has 2 bridgehead atoms. The quantitative estimate of drug-likeness (QED) is 0.698. The number of phenols is 1. The SMILES string of the molecule is C[C@H]1[C@H]2Cc3c(O)cccc3[C@@]1(C)CCN2. The molecule has 2 N–H and O–H groups in total. The summed E-state index contributed by atoms with van der Waals surface area (Å²) >= 11 is 0. The number of hydrogen-bond donors (Lipinski definition) is 2. The van der Waals surface area contributed by atoms with Crippen LogP contribution in [0.4, 0.5) is 0 Å².